The summed E-state index contributed by atoms with van der Waals surface area (Å²) in [4.78, 5) is 17.0. The summed E-state index contributed by atoms with van der Waals surface area (Å²) in [5.74, 6) is 1.37. The highest BCUT2D eigenvalue weighted by atomic mass is 16.4. The molecule has 76 valence electrons. The van der Waals surface area contributed by atoms with E-state index in [1.54, 1.807) is 11.8 Å². The lowest BCUT2D eigenvalue weighted by molar-refractivity contribution is -0.143. The number of nitrogens with two attached hydrogens (primary N) is 1. The summed E-state index contributed by atoms with van der Waals surface area (Å²) in [5, 5.41) is 0. The van der Waals surface area contributed by atoms with Gasteiger partial charge in [-0.3, -0.25) is 4.79 Å². The number of amides is 1. The first-order chi connectivity index (χ1) is 6.58. The Balaban J connectivity index is 2.05. The zero-order chi connectivity index (χ0) is 10.3. The molecule has 0 aliphatic carbocycles. The maximum absolute atomic E-state index is 11.2. The zero-order valence-electron chi connectivity index (χ0n) is 8.28. The summed E-state index contributed by atoms with van der Waals surface area (Å²) in [7, 11) is 0. The third-order valence-electron chi connectivity index (χ3n) is 2.38. The standard InChI is InChI=1S/C9H13N3O2/c1-5-8(14-6(2)11-5)4-12-3-7(10)9(12)13/h7H,3-4,10H2,1-2H3. The van der Waals surface area contributed by atoms with Gasteiger partial charge in [0, 0.05) is 13.5 Å². The fourth-order valence-electron chi connectivity index (χ4n) is 1.56. The number of carbonyl (C=O) groups excluding carboxylic acids is 1. The highest BCUT2D eigenvalue weighted by Gasteiger charge is 2.34. The molecule has 0 bridgehead atoms. The first-order valence-corrected chi connectivity index (χ1v) is 4.55. The lowest BCUT2D eigenvalue weighted by Crippen LogP contribution is -2.60. The van der Waals surface area contributed by atoms with E-state index in [-0.39, 0.29) is 11.9 Å². The molecule has 1 atom stereocenters. The van der Waals surface area contributed by atoms with E-state index in [1.807, 2.05) is 6.92 Å². The van der Waals surface area contributed by atoms with Gasteiger partial charge in [0.15, 0.2) is 5.89 Å². The largest absolute Gasteiger partial charge is 0.444 e. The van der Waals surface area contributed by atoms with Gasteiger partial charge in [-0.15, -0.1) is 0 Å². The summed E-state index contributed by atoms with van der Waals surface area (Å²) in [6.07, 6.45) is 0. The minimum atomic E-state index is -0.320. The van der Waals surface area contributed by atoms with Crippen LogP contribution in [0.2, 0.25) is 0 Å². The number of aryl methyl sites for hydroxylation is 2. The van der Waals surface area contributed by atoms with Crippen LogP contribution in [0.15, 0.2) is 4.42 Å². The maximum atomic E-state index is 11.2. The second-order valence-electron chi connectivity index (χ2n) is 3.57. The zero-order valence-corrected chi connectivity index (χ0v) is 8.28. The molecule has 1 aliphatic rings. The minimum absolute atomic E-state index is 0.0153. The molecule has 1 aliphatic heterocycles. The quantitative estimate of drug-likeness (QED) is 0.672. The Morgan fingerprint density at radius 2 is 2.36 bits per heavy atom. The molecule has 2 heterocycles. The lowest BCUT2D eigenvalue weighted by atomic mass is 10.1. The van der Waals surface area contributed by atoms with E-state index < -0.39 is 0 Å². The summed E-state index contributed by atoms with van der Waals surface area (Å²) in [6.45, 7) is 4.76. The van der Waals surface area contributed by atoms with Crippen LogP contribution in [0.25, 0.3) is 0 Å². The molecule has 0 saturated carbocycles. The van der Waals surface area contributed by atoms with Crippen molar-refractivity contribution in [1.82, 2.24) is 9.88 Å². The SMILES string of the molecule is Cc1nc(C)c(CN2CC(N)C2=O)o1. The van der Waals surface area contributed by atoms with Gasteiger partial charge in [-0.25, -0.2) is 4.98 Å². The van der Waals surface area contributed by atoms with Gasteiger partial charge >= 0.3 is 0 Å². The van der Waals surface area contributed by atoms with Crippen molar-refractivity contribution in [2.45, 2.75) is 26.4 Å². The van der Waals surface area contributed by atoms with E-state index in [4.69, 9.17) is 10.2 Å². The third-order valence-corrected chi connectivity index (χ3v) is 2.38. The Hall–Kier alpha value is -1.36. The first kappa shape index (κ1) is 9.21. The van der Waals surface area contributed by atoms with Gasteiger partial charge in [0.2, 0.25) is 5.91 Å². The molecule has 1 aromatic rings. The Bertz CT molecular complexity index is 372. The van der Waals surface area contributed by atoms with E-state index in [0.717, 1.165) is 11.5 Å². The third kappa shape index (κ3) is 1.39. The van der Waals surface area contributed by atoms with Gasteiger partial charge in [-0.05, 0) is 6.92 Å². The molecular formula is C9H13N3O2. The van der Waals surface area contributed by atoms with Crippen molar-refractivity contribution in [1.29, 1.82) is 0 Å². The van der Waals surface area contributed by atoms with Gasteiger partial charge < -0.3 is 15.1 Å². The second-order valence-corrected chi connectivity index (χ2v) is 3.57. The number of rotatable bonds is 2. The van der Waals surface area contributed by atoms with Crippen LogP contribution in [0.1, 0.15) is 17.3 Å². The monoisotopic (exact) mass is 195 g/mol. The van der Waals surface area contributed by atoms with E-state index in [2.05, 4.69) is 4.98 Å². The van der Waals surface area contributed by atoms with Crippen molar-refractivity contribution in [3.63, 3.8) is 0 Å². The Kier molecular flexibility index (Phi) is 2.03. The number of likely N-dealkylation sites (tertiary alicyclic amines) is 1. The molecule has 0 radical (unpaired) electrons. The van der Waals surface area contributed by atoms with E-state index in [9.17, 15) is 4.79 Å². The highest BCUT2D eigenvalue weighted by molar-refractivity contribution is 5.87. The Morgan fingerprint density at radius 1 is 1.64 bits per heavy atom. The predicted octanol–water partition coefficient (Wildman–Crippen LogP) is -0.0391. The van der Waals surface area contributed by atoms with Crippen LogP contribution in [-0.2, 0) is 11.3 Å². The molecule has 2 rings (SSSR count). The molecule has 2 N–H and O–H groups in total. The number of carbonyl (C=O) groups is 1. The van der Waals surface area contributed by atoms with E-state index in [1.165, 1.54) is 0 Å². The number of hydrogen-bond donors (Lipinski definition) is 1. The molecule has 1 amide bonds. The van der Waals surface area contributed by atoms with Gasteiger partial charge in [0.25, 0.3) is 0 Å². The van der Waals surface area contributed by atoms with Crippen LogP contribution in [0.4, 0.5) is 0 Å². The summed E-state index contributed by atoms with van der Waals surface area (Å²) in [5.41, 5.74) is 6.32. The molecule has 5 heteroatoms. The lowest BCUT2D eigenvalue weighted by Gasteiger charge is -2.35. The fourth-order valence-corrected chi connectivity index (χ4v) is 1.56. The van der Waals surface area contributed by atoms with Crippen molar-refractivity contribution in [3.05, 3.63) is 17.3 Å². The molecule has 0 spiro atoms. The highest BCUT2D eigenvalue weighted by Crippen LogP contribution is 2.16. The second kappa shape index (κ2) is 3.09. The molecule has 1 saturated heterocycles. The minimum Gasteiger partial charge on any atom is -0.444 e. The van der Waals surface area contributed by atoms with Gasteiger partial charge in [-0.1, -0.05) is 0 Å². The predicted molar refractivity (Wildman–Crippen MR) is 49.4 cm³/mol. The van der Waals surface area contributed by atoms with E-state index in [0.29, 0.717) is 19.0 Å². The summed E-state index contributed by atoms with van der Waals surface area (Å²) < 4.78 is 5.36. The Morgan fingerprint density at radius 3 is 2.79 bits per heavy atom. The summed E-state index contributed by atoms with van der Waals surface area (Å²) in [6, 6.07) is -0.320. The topological polar surface area (TPSA) is 72.4 Å². The first-order valence-electron chi connectivity index (χ1n) is 4.55. The molecule has 14 heavy (non-hydrogen) atoms. The summed E-state index contributed by atoms with van der Waals surface area (Å²) >= 11 is 0. The van der Waals surface area contributed by atoms with Crippen molar-refractivity contribution >= 4 is 5.91 Å². The average molecular weight is 195 g/mol. The van der Waals surface area contributed by atoms with Gasteiger partial charge in [-0.2, -0.15) is 0 Å². The number of hydrogen-bond acceptors (Lipinski definition) is 4. The number of β-lactam (4-membered cyclic amide) rings is 1. The normalized spacial score (nSPS) is 21.2. The number of aromatic nitrogens is 1. The number of oxazole rings is 1. The molecular weight excluding hydrogens is 182 g/mol. The van der Waals surface area contributed by atoms with Crippen molar-refractivity contribution < 1.29 is 9.21 Å². The van der Waals surface area contributed by atoms with Crippen LogP contribution < -0.4 is 5.73 Å². The van der Waals surface area contributed by atoms with Crippen molar-refractivity contribution in [2.75, 3.05) is 6.54 Å². The van der Waals surface area contributed by atoms with Crippen LogP contribution in [-0.4, -0.2) is 28.4 Å². The number of nitrogens with zero attached hydrogens (tertiary/aromatic N) is 2. The van der Waals surface area contributed by atoms with Crippen LogP contribution in [0.5, 0.6) is 0 Å². The van der Waals surface area contributed by atoms with Crippen molar-refractivity contribution in [3.8, 4) is 0 Å². The van der Waals surface area contributed by atoms with Crippen LogP contribution >= 0.6 is 0 Å². The fraction of sp³-hybridized carbons (Fsp3) is 0.556. The average Bonchev–Trinajstić information content (AvgIpc) is 2.44. The molecule has 1 aromatic heterocycles. The molecule has 1 unspecified atom stereocenters. The van der Waals surface area contributed by atoms with Crippen LogP contribution in [0, 0.1) is 13.8 Å². The smallest absolute Gasteiger partial charge is 0.241 e. The molecule has 0 aromatic carbocycles. The maximum Gasteiger partial charge on any atom is 0.241 e. The van der Waals surface area contributed by atoms with E-state index >= 15 is 0 Å². The molecule has 5 nitrogen and oxygen atoms in total. The van der Waals surface area contributed by atoms with Crippen molar-refractivity contribution in [2.24, 2.45) is 5.73 Å². The van der Waals surface area contributed by atoms with Crippen LogP contribution in [0.3, 0.4) is 0 Å². The van der Waals surface area contributed by atoms with Gasteiger partial charge in [0.1, 0.15) is 11.8 Å². The van der Waals surface area contributed by atoms with Gasteiger partial charge in [0.05, 0.1) is 12.2 Å². The Labute approximate surface area is 81.9 Å². The molecule has 1 fully saturated rings.